The molecule has 1 atom stereocenters. The molecule has 2 N–H and O–H groups in total. The SMILES string of the molecule is COCC(C)(CC(=O)O)NC(=O)c1csc(Cc2ccc(C)cc2)n1. The Morgan fingerprint density at radius 1 is 1.32 bits per heavy atom. The lowest BCUT2D eigenvalue weighted by Gasteiger charge is -2.28. The summed E-state index contributed by atoms with van der Waals surface area (Å²) in [5.41, 5.74) is 1.62. The minimum atomic E-state index is -1.00. The number of hydrogen-bond acceptors (Lipinski definition) is 5. The van der Waals surface area contributed by atoms with Crippen molar-refractivity contribution in [3.05, 3.63) is 51.5 Å². The minimum absolute atomic E-state index is 0.103. The number of methoxy groups -OCH3 is 1. The number of nitrogens with zero attached hydrogens (tertiary/aromatic N) is 1. The summed E-state index contributed by atoms with van der Waals surface area (Å²) in [6, 6.07) is 8.16. The van der Waals surface area contributed by atoms with Gasteiger partial charge in [0.15, 0.2) is 0 Å². The van der Waals surface area contributed by atoms with Crippen molar-refractivity contribution in [1.82, 2.24) is 10.3 Å². The van der Waals surface area contributed by atoms with Crippen molar-refractivity contribution >= 4 is 23.2 Å². The molecule has 1 heterocycles. The highest BCUT2D eigenvalue weighted by Crippen LogP contribution is 2.17. The zero-order valence-corrected chi connectivity index (χ0v) is 15.4. The zero-order valence-electron chi connectivity index (χ0n) is 14.5. The Morgan fingerprint density at radius 3 is 2.60 bits per heavy atom. The van der Waals surface area contributed by atoms with E-state index in [1.807, 2.05) is 31.2 Å². The van der Waals surface area contributed by atoms with Crippen LogP contribution in [0.2, 0.25) is 0 Å². The largest absolute Gasteiger partial charge is 0.481 e. The molecule has 7 heteroatoms. The van der Waals surface area contributed by atoms with Crippen LogP contribution in [0.1, 0.15) is 40.0 Å². The molecule has 1 aromatic carbocycles. The van der Waals surface area contributed by atoms with E-state index < -0.39 is 17.4 Å². The first-order valence-corrected chi connectivity index (χ1v) is 8.72. The fourth-order valence-corrected chi connectivity index (χ4v) is 3.31. The maximum Gasteiger partial charge on any atom is 0.305 e. The van der Waals surface area contributed by atoms with Crippen molar-refractivity contribution in [1.29, 1.82) is 0 Å². The van der Waals surface area contributed by atoms with Crippen LogP contribution in [0.3, 0.4) is 0 Å². The number of nitrogens with one attached hydrogen (secondary N) is 1. The maximum absolute atomic E-state index is 12.4. The van der Waals surface area contributed by atoms with E-state index in [9.17, 15) is 9.59 Å². The fourth-order valence-electron chi connectivity index (χ4n) is 2.50. The Morgan fingerprint density at radius 2 is 2.00 bits per heavy atom. The highest BCUT2D eigenvalue weighted by molar-refractivity contribution is 7.09. The van der Waals surface area contributed by atoms with Crippen molar-refractivity contribution in [2.45, 2.75) is 32.2 Å². The van der Waals surface area contributed by atoms with Crippen LogP contribution in [0.4, 0.5) is 0 Å². The van der Waals surface area contributed by atoms with Crippen molar-refractivity contribution in [2.75, 3.05) is 13.7 Å². The zero-order chi connectivity index (χ0) is 18.4. The van der Waals surface area contributed by atoms with Crippen LogP contribution >= 0.6 is 11.3 Å². The highest BCUT2D eigenvalue weighted by Gasteiger charge is 2.30. The van der Waals surface area contributed by atoms with E-state index >= 15 is 0 Å². The maximum atomic E-state index is 12.4. The number of aliphatic carboxylic acids is 1. The summed E-state index contributed by atoms with van der Waals surface area (Å²) < 4.78 is 5.04. The molecule has 0 saturated carbocycles. The summed E-state index contributed by atoms with van der Waals surface area (Å²) >= 11 is 1.41. The van der Waals surface area contributed by atoms with Crippen molar-refractivity contribution in [3.8, 4) is 0 Å². The molecule has 0 spiro atoms. The van der Waals surface area contributed by atoms with Gasteiger partial charge in [0.05, 0.1) is 23.6 Å². The second-order valence-corrected chi connectivity index (χ2v) is 7.25. The van der Waals surface area contributed by atoms with Gasteiger partial charge in [-0.15, -0.1) is 11.3 Å². The summed E-state index contributed by atoms with van der Waals surface area (Å²) in [5.74, 6) is -1.40. The van der Waals surface area contributed by atoms with Crippen LogP contribution in [0.5, 0.6) is 0 Å². The lowest BCUT2D eigenvalue weighted by molar-refractivity contribution is -0.139. The first-order valence-electron chi connectivity index (χ1n) is 7.84. The number of hydrogen-bond donors (Lipinski definition) is 2. The Bertz CT molecular complexity index is 742. The predicted molar refractivity (Wildman–Crippen MR) is 96.1 cm³/mol. The lowest BCUT2D eigenvalue weighted by atomic mass is 9.99. The summed E-state index contributed by atoms with van der Waals surface area (Å²) in [6.45, 7) is 3.78. The van der Waals surface area contributed by atoms with E-state index in [1.54, 1.807) is 12.3 Å². The van der Waals surface area contributed by atoms with Crippen LogP contribution in [0.15, 0.2) is 29.6 Å². The molecule has 0 radical (unpaired) electrons. The van der Waals surface area contributed by atoms with E-state index in [4.69, 9.17) is 9.84 Å². The van der Waals surface area contributed by atoms with E-state index in [1.165, 1.54) is 24.0 Å². The van der Waals surface area contributed by atoms with Gasteiger partial charge in [0.25, 0.3) is 5.91 Å². The number of carboxylic acids is 1. The van der Waals surface area contributed by atoms with Gasteiger partial charge in [-0.2, -0.15) is 0 Å². The quantitative estimate of drug-likeness (QED) is 0.754. The predicted octanol–water partition coefficient (Wildman–Crippen LogP) is 2.65. The van der Waals surface area contributed by atoms with Crippen LogP contribution in [0.25, 0.3) is 0 Å². The van der Waals surface area contributed by atoms with E-state index in [-0.39, 0.29) is 13.0 Å². The third kappa shape index (κ3) is 5.65. The number of rotatable bonds is 8. The molecule has 2 aromatic rings. The van der Waals surface area contributed by atoms with Crippen LogP contribution in [0, 0.1) is 6.92 Å². The summed E-state index contributed by atoms with van der Waals surface area (Å²) in [4.78, 5) is 27.8. The van der Waals surface area contributed by atoms with Gasteiger partial charge in [-0.25, -0.2) is 4.98 Å². The second kappa shape index (κ2) is 8.22. The number of amides is 1. The summed E-state index contributed by atoms with van der Waals surface area (Å²) in [7, 11) is 1.47. The molecule has 25 heavy (non-hydrogen) atoms. The van der Waals surface area contributed by atoms with Gasteiger partial charge in [-0.1, -0.05) is 29.8 Å². The molecule has 0 aliphatic carbocycles. The first kappa shape index (κ1) is 19.1. The van der Waals surface area contributed by atoms with Gasteiger partial charge in [0.2, 0.25) is 0 Å². The van der Waals surface area contributed by atoms with Crippen molar-refractivity contribution in [3.63, 3.8) is 0 Å². The molecule has 0 saturated heterocycles. The molecular weight excluding hydrogens is 340 g/mol. The molecule has 134 valence electrons. The highest BCUT2D eigenvalue weighted by atomic mass is 32.1. The number of carbonyl (C=O) groups excluding carboxylic acids is 1. The monoisotopic (exact) mass is 362 g/mol. The smallest absolute Gasteiger partial charge is 0.305 e. The molecule has 1 unspecified atom stereocenters. The second-order valence-electron chi connectivity index (χ2n) is 6.31. The molecule has 0 bridgehead atoms. The van der Waals surface area contributed by atoms with Gasteiger partial charge in [0.1, 0.15) is 5.69 Å². The van der Waals surface area contributed by atoms with Crippen molar-refractivity contribution < 1.29 is 19.4 Å². The normalized spacial score (nSPS) is 13.2. The standard InChI is InChI=1S/C18H22N2O4S/c1-12-4-6-13(7-5-12)8-15-19-14(10-25-15)17(23)20-18(2,11-24-3)9-16(21)22/h4-7,10H,8-9,11H2,1-3H3,(H,20,23)(H,21,22). The average molecular weight is 362 g/mol. The molecule has 0 fully saturated rings. The summed E-state index contributed by atoms with van der Waals surface area (Å²) in [5, 5.41) is 14.3. The molecule has 1 amide bonds. The number of aromatic nitrogens is 1. The number of aryl methyl sites for hydroxylation is 1. The van der Waals surface area contributed by atoms with Crippen molar-refractivity contribution in [2.24, 2.45) is 0 Å². The molecule has 1 aromatic heterocycles. The fraction of sp³-hybridized carbons (Fsp3) is 0.389. The van der Waals surface area contributed by atoms with Gasteiger partial charge in [-0.3, -0.25) is 9.59 Å². The Hall–Kier alpha value is -2.25. The number of ether oxygens (including phenoxy) is 1. The first-order chi connectivity index (χ1) is 11.8. The van der Waals surface area contributed by atoms with Crippen LogP contribution < -0.4 is 5.32 Å². The lowest BCUT2D eigenvalue weighted by Crippen LogP contribution is -2.50. The number of carboxylic acid groups (broad SMARTS) is 1. The van der Waals surface area contributed by atoms with Gasteiger partial charge in [0, 0.05) is 18.9 Å². The summed E-state index contributed by atoms with van der Waals surface area (Å²) in [6.07, 6.45) is 0.426. The molecule has 6 nitrogen and oxygen atoms in total. The van der Waals surface area contributed by atoms with Crippen LogP contribution in [-0.2, 0) is 16.0 Å². The third-order valence-corrected chi connectivity index (χ3v) is 4.53. The third-order valence-electron chi connectivity index (χ3n) is 3.68. The molecule has 2 rings (SSSR count). The molecular formula is C18H22N2O4S. The Labute approximate surface area is 150 Å². The number of thiazole rings is 1. The van der Waals surface area contributed by atoms with E-state index in [0.29, 0.717) is 12.1 Å². The van der Waals surface area contributed by atoms with Gasteiger partial charge in [-0.05, 0) is 19.4 Å². The van der Waals surface area contributed by atoms with E-state index in [0.717, 1.165) is 10.6 Å². The van der Waals surface area contributed by atoms with Gasteiger partial charge < -0.3 is 15.2 Å². The molecule has 0 aliphatic heterocycles. The minimum Gasteiger partial charge on any atom is -0.481 e. The number of benzene rings is 1. The van der Waals surface area contributed by atoms with Gasteiger partial charge >= 0.3 is 5.97 Å². The Kier molecular flexibility index (Phi) is 6.27. The Balaban J connectivity index is 2.05. The number of carbonyl (C=O) groups is 2. The topological polar surface area (TPSA) is 88.5 Å². The average Bonchev–Trinajstić information content (AvgIpc) is 2.97. The van der Waals surface area contributed by atoms with E-state index in [2.05, 4.69) is 10.3 Å². The molecule has 0 aliphatic rings. The van der Waals surface area contributed by atoms with Crippen LogP contribution in [-0.4, -0.2) is 41.2 Å².